The van der Waals surface area contributed by atoms with Crippen LogP contribution >= 0.6 is 0 Å². The van der Waals surface area contributed by atoms with E-state index in [1.165, 1.54) is 6.08 Å². The van der Waals surface area contributed by atoms with E-state index in [1.807, 2.05) is 19.1 Å². The predicted octanol–water partition coefficient (Wildman–Crippen LogP) is 3.13. The molecule has 1 aromatic carbocycles. The molecule has 1 amide bonds. The molecule has 0 saturated carbocycles. The van der Waals surface area contributed by atoms with Crippen molar-refractivity contribution in [2.75, 3.05) is 19.6 Å². The fraction of sp³-hybridized carbons (Fsp3) is 0.381. The van der Waals surface area contributed by atoms with Crippen LogP contribution in [0.2, 0.25) is 0 Å². The topological polar surface area (TPSA) is 79.6 Å². The van der Waals surface area contributed by atoms with Crippen molar-refractivity contribution < 1.29 is 17.6 Å². The van der Waals surface area contributed by atoms with E-state index in [0.717, 1.165) is 24.0 Å². The van der Waals surface area contributed by atoms with Gasteiger partial charge < -0.3 is 9.32 Å². The lowest BCUT2D eigenvalue weighted by atomic mass is 9.97. The van der Waals surface area contributed by atoms with Crippen LogP contribution in [0.3, 0.4) is 0 Å². The van der Waals surface area contributed by atoms with Crippen LogP contribution in [0.5, 0.6) is 0 Å². The van der Waals surface area contributed by atoms with E-state index < -0.39 is 10.0 Å². The molecule has 1 N–H and O–H groups in total. The molecule has 0 radical (unpaired) electrons. The minimum Gasteiger partial charge on any atom is -0.465 e. The highest BCUT2D eigenvalue weighted by molar-refractivity contribution is 7.89. The first-order valence-electron chi connectivity index (χ1n) is 9.42. The fourth-order valence-electron chi connectivity index (χ4n) is 3.30. The van der Waals surface area contributed by atoms with Crippen LogP contribution in [0.15, 0.2) is 52.0 Å². The maximum Gasteiger partial charge on any atom is 0.246 e. The number of nitrogens with one attached hydrogen (secondary N) is 1. The van der Waals surface area contributed by atoms with Crippen molar-refractivity contribution in [1.82, 2.24) is 9.62 Å². The van der Waals surface area contributed by atoms with Gasteiger partial charge in [0, 0.05) is 25.7 Å². The molecule has 1 aliphatic rings. The average molecular weight is 403 g/mol. The van der Waals surface area contributed by atoms with Gasteiger partial charge in [-0.15, -0.1) is 0 Å². The van der Waals surface area contributed by atoms with Crippen molar-refractivity contribution in [3.05, 3.63) is 59.6 Å². The second-order valence-electron chi connectivity index (χ2n) is 7.24. The van der Waals surface area contributed by atoms with E-state index in [2.05, 4.69) is 4.72 Å². The van der Waals surface area contributed by atoms with E-state index in [4.69, 9.17) is 4.42 Å². The number of carbonyl (C=O) groups is 1. The highest BCUT2D eigenvalue weighted by atomic mass is 32.2. The molecule has 1 aliphatic heterocycles. The molecule has 6 nitrogen and oxygen atoms in total. The normalized spacial score (nSPS) is 16.0. The molecule has 28 heavy (non-hydrogen) atoms. The first kappa shape index (κ1) is 20.4. The number of benzene rings is 1. The van der Waals surface area contributed by atoms with Crippen LogP contribution in [0, 0.1) is 19.8 Å². The summed E-state index contributed by atoms with van der Waals surface area (Å²) in [5.41, 5.74) is 1.65. The van der Waals surface area contributed by atoms with Crippen molar-refractivity contribution in [2.24, 2.45) is 5.92 Å². The molecule has 1 saturated heterocycles. The summed E-state index contributed by atoms with van der Waals surface area (Å²) in [5.74, 6) is 0.813. The first-order valence-corrected chi connectivity index (χ1v) is 10.9. The number of rotatable bonds is 6. The van der Waals surface area contributed by atoms with Crippen molar-refractivity contribution in [3.8, 4) is 0 Å². The van der Waals surface area contributed by atoms with E-state index in [-0.39, 0.29) is 11.8 Å². The van der Waals surface area contributed by atoms with Gasteiger partial charge >= 0.3 is 0 Å². The molecule has 2 heterocycles. The van der Waals surface area contributed by atoms with Crippen LogP contribution in [0.25, 0.3) is 6.08 Å². The summed E-state index contributed by atoms with van der Waals surface area (Å²) in [6, 6.07) is 8.99. The number of furan rings is 1. The number of sulfonamides is 1. The molecule has 1 aromatic heterocycles. The third kappa shape index (κ3) is 5.11. The lowest BCUT2D eigenvalue weighted by Crippen LogP contribution is -2.41. The van der Waals surface area contributed by atoms with E-state index >= 15 is 0 Å². The first-order chi connectivity index (χ1) is 13.3. The van der Waals surface area contributed by atoms with E-state index in [0.29, 0.717) is 30.3 Å². The Morgan fingerprint density at radius 2 is 2.00 bits per heavy atom. The number of carbonyl (C=O) groups excluding carboxylic acids is 1. The van der Waals surface area contributed by atoms with Gasteiger partial charge in [0.1, 0.15) is 5.76 Å². The molecule has 2 aromatic rings. The van der Waals surface area contributed by atoms with Gasteiger partial charge in [0.25, 0.3) is 0 Å². The second kappa shape index (κ2) is 8.75. The van der Waals surface area contributed by atoms with E-state index in [9.17, 15) is 13.2 Å². The molecule has 0 atom stereocenters. The maximum absolute atomic E-state index is 12.6. The molecule has 0 spiro atoms. The van der Waals surface area contributed by atoms with Crippen LogP contribution < -0.4 is 4.72 Å². The summed E-state index contributed by atoms with van der Waals surface area (Å²) >= 11 is 0. The Kier molecular flexibility index (Phi) is 6.36. The molecule has 0 unspecified atom stereocenters. The van der Waals surface area contributed by atoms with Gasteiger partial charge in [-0.25, -0.2) is 13.1 Å². The quantitative estimate of drug-likeness (QED) is 0.753. The Morgan fingerprint density at radius 3 is 2.68 bits per heavy atom. The highest BCUT2D eigenvalue weighted by Gasteiger charge is 2.24. The molecule has 0 bridgehead atoms. The third-order valence-electron chi connectivity index (χ3n) is 5.05. The van der Waals surface area contributed by atoms with Crippen LogP contribution in [0.4, 0.5) is 0 Å². The van der Waals surface area contributed by atoms with Crippen molar-refractivity contribution in [3.63, 3.8) is 0 Å². The molecular formula is C21H26N2O4S. The molecule has 150 valence electrons. The maximum atomic E-state index is 12.6. The number of piperidine rings is 1. The van der Waals surface area contributed by atoms with Crippen LogP contribution in [-0.4, -0.2) is 38.9 Å². The summed E-state index contributed by atoms with van der Waals surface area (Å²) in [6.45, 7) is 5.31. The zero-order chi connectivity index (χ0) is 20.1. The molecule has 7 heteroatoms. The molecule has 1 fully saturated rings. The summed E-state index contributed by atoms with van der Waals surface area (Å²) < 4.78 is 33.2. The van der Waals surface area contributed by atoms with Gasteiger partial charge in [-0.3, -0.25) is 4.79 Å². The number of hydrogen-bond acceptors (Lipinski definition) is 4. The Balaban J connectivity index is 1.50. The Labute approximate surface area is 166 Å². The number of amides is 1. The Bertz CT molecular complexity index is 941. The fourth-order valence-corrected chi connectivity index (χ4v) is 4.75. The van der Waals surface area contributed by atoms with Gasteiger partial charge in [-0.2, -0.15) is 0 Å². The minimum absolute atomic E-state index is 0.0502. The number of hydrogen-bond donors (Lipinski definition) is 1. The van der Waals surface area contributed by atoms with Crippen molar-refractivity contribution >= 4 is 22.0 Å². The van der Waals surface area contributed by atoms with Gasteiger partial charge in [-0.1, -0.05) is 12.1 Å². The molecule has 0 aliphatic carbocycles. The lowest BCUT2D eigenvalue weighted by molar-refractivity contribution is -0.127. The van der Waals surface area contributed by atoms with Crippen LogP contribution in [-0.2, 0) is 14.8 Å². The predicted molar refractivity (Wildman–Crippen MR) is 108 cm³/mol. The van der Waals surface area contributed by atoms with Gasteiger partial charge in [0.05, 0.1) is 11.2 Å². The zero-order valence-electron chi connectivity index (χ0n) is 16.2. The lowest BCUT2D eigenvalue weighted by Gasteiger charge is -2.31. The minimum atomic E-state index is -3.53. The SMILES string of the molecule is Cc1ccc(C)c(S(=O)(=O)NCC2CCN(C(=O)/C=C/c3ccco3)CC2)c1. The highest BCUT2D eigenvalue weighted by Crippen LogP contribution is 2.20. The van der Waals surface area contributed by atoms with Crippen molar-refractivity contribution in [2.45, 2.75) is 31.6 Å². The third-order valence-corrected chi connectivity index (χ3v) is 6.62. The van der Waals surface area contributed by atoms with Gasteiger partial charge in [-0.05, 0) is 68.0 Å². The Morgan fingerprint density at radius 1 is 1.25 bits per heavy atom. The number of likely N-dealkylation sites (tertiary alicyclic amines) is 1. The molecule has 3 rings (SSSR count). The summed E-state index contributed by atoms with van der Waals surface area (Å²) in [5, 5.41) is 0. The van der Waals surface area contributed by atoms with E-state index in [1.54, 1.807) is 42.4 Å². The summed E-state index contributed by atoms with van der Waals surface area (Å²) in [6.07, 6.45) is 6.29. The van der Waals surface area contributed by atoms with Gasteiger partial charge in [0.15, 0.2) is 0 Å². The average Bonchev–Trinajstić information content (AvgIpc) is 3.20. The summed E-state index contributed by atoms with van der Waals surface area (Å²) in [4.78, 5) is 14.4. The summed E-state index contributed by atoms with van der Waals surface area (Å²) in [7, 11) is -3.53. The van der Waals surface area contributed by atoms with Gasteiger partial charge in [0.2, 0.25) is 15.9 Å². The van der Waals surface area contributed by atoms with Crippen LogP contribution in [0.1, 0.15) is 29.7 Å². The molecular weight excluding hydrogens is 376 g/mol. The number of aryl methyl sites for hydroxylation is 2. The standard InChI is InChI=1S/C21H26N2O4S/c1-16-5-6-17(2)20(14-16)28(25,26)22-15-18-9-11-23(12-10-18)21(24)8-7-19-4-3-13-27-19/h3-8,13-14,18,22H,9-12,15H2,1-2H3/b8-7+. The smallest absolute Gasteiger partial charge is 0.246 e. The second-order valence-corrected chi connectivity index (χ2v) is 8.97. The zero-order valence-corrected chi connectivity index (χ0v) is 17.0. The Hall–Kier alpha value is -2.38. The largest absolute Gasteiger partial charge is 0.465 e. The van der Waals surface area contributed by atoms with Crippen molar-refractivity contribution in [1.29, 1.82) is 0 Å². The monoisotopic (exact) mass is 402 g/mol. The number of nitrogens with zero attached hydrogens (tertiary/aromatic N) is 1.